The molecule has 0 radical (unpaired) electrons. The zero-order chi connectivity index (χ0) is 16.4. The zero-order valence-electron chi connectivity index (χ0n) is 14.8. The maximum Gasteiger partial charge on any atom is 0.243 e. The molecule has 7 nitrogen and oxygen atoms in total. The van der Waals surface area contributed by atoms with Crippen molar-refractivity contribution in [3.05, 3.63) is 0 Å². The molecule has 1 saturated carbocycles. The second kappa shape index (κ2) is 12.8. The number of carbonyl (C=O) groups is 1. The minimum atomic E-state index is -0.00287. The summed E-state index contributed by atoms with van der Waals surface area (Å²) in [6, 6.07) is 0.715. The van der Waals surface area contributed by atoms with Gasteiger partial charge in [-0.3, -0.25) is 9.69 Å². The summed E-state index contributed by atoms with van der Waals surface area (Å²) >= 11 is 0. The van der Waals surface area contributed by atoms with E-state index in [4.69, 9.17) is 4.74 Å². The van der Waals surface area contributed by atoms with Crippen molar-refractivity contribution in [2.24, 2.45) is 4.99 Å². The van der Waals surface area contributed by atoms with Gasteiger partial charge in [-0.15, -0.1) is 24.0 Å². The van der Waals surface area contributed by atoms with E-state index in [-0.39, 0.29) is 36.4 Å². The topological polar surface area (TPSA) is 69.2 Å². The van der Waals surface area contributed by atoms with Gasteiger partial charge < -0.3 is 20.3 Å². The van der Waals surface area contributed by atoms with Crippen molar-refractivity contribution >= 4 is 35.8 Å². The van der Waals surface area contributed by atoms with Crippen LogP contribution in [0.5, 0.6) is 0 Å². The molecule has 0 atom stereocenters. The third-order valence-electron chi connectivity index (χ3n) is 3.55. The van der Waals surface area contributed by atoms with Gasteiger partial charge >= 0.3 is 0 Å². The molecule has 8 heteroatoms. The van der Waals surface area contributed by atoms with Gasteiger partial charge in [0.2, 0.25) is 5.91 Å². The van der Waals surface area contributed by atoms with E-state index in [9.17, 15) is 4.79 Å². The van der Waals surface area contributed by atoms with Crippen molar-refractivity contribution in [3.63, 3.8) is 0 Å². The number of rotatable bonds is 10. The third-order valence-corrected chi connectivity index (χ3v) is 3.55. The van der Waals surface area contributed by atoms with Crippen molar-refractivity contribution in [1.29, 1.82) is 0 Å². The molecule has 1 aliphatic carbocycles. The monoisotopic (exact) mass is 441 g/mol. The summed E-state index contributed by atoms with van der Waals surface area (Å²) in [5.74, 6) is 0.692. The Kier molecular flexibility index (Phi) is 12.4. The first-order valence-electron chi connectivity index (χ1n) is 8.03. The van der Waals surface area contributed by atoms with E-state index in [0.717, 1.165) is 32.8 Å². The maximum atomic E-state index is 11.6. The highest BCUT2D eigenvalue weighted by Gasteiger charge is 2.28. The summed E-state index contributed by atoms with van der Waals surface area (Å²) in [6.45, 7) is 6.45. The van der Waals surface area contributed by atoms with E-state index < -0.39 is 0 Å². The molecule has 0 saturated heterocycles. The molecular weight excluding hydrogens is 409 g/mol. The lowest BCUT2D eigenvalue weighted by Gasteiger charge is -2.22. The van der Waals surface area contributed by atoms with Crippen LogP contribution in [0.1, 0.15) is 19.8 Å². The molecule has 1 rings (SSSR count). The minimum absolute atomic E-state index is 0. The van der Waals surface area contributed by atoms with E-state index in [0.29, 0.717) is 12.0 Å². The van der Waals surface area contributed by atoms with Crippen LogP contribution in [0.4, 0.5) is 0 Å². The van der Waals surface area contributed by atoms with Crippen molar-refractivity contribution in [3.8, 4) is 0 Å². The summed E-state index contributed by atoms with van der Waals surface area (Å²) in [4.78, 5) is 19.9. The zero-order valence-corrected chi connectivity index (χ0v) is 17.1. The summed E-state index contributed by atoms with van der Waals surface area (Å²) < 4.78 is 5.16. The van der Waals surface area contributed by atoms with Crippen molar-refractivity contribution < 1.29 is 9.53 Å². The molecule has 1 amide bonds. The van der Waals surface area contributed by atoms with Gasteiger partial charge in [0, 0.05) is 53.4 Å². The molecule has 0 aromatic heterocycles. The Bertz CT molecular complexity index is 362. The lowest BCUT2D eigenvalue weighted by Crippen LogP contribution is -2.43. The smallest absolute Gasteiger partial charge is 0.243 e. The lowest BCUT2D eigenvalue weighted by atomic mass is 10.4. The van der Waals surface area contributed by atoms with Gasteiger partial charge in [-0.1, -0.05) is 0 Å². The Hall–Kier alpha value is -0.610. The Balaban J connectivity index is 0.00000484. The Labute approximate surface area is 157 Å². The number of guanidine groups is 1. The average Bonchev–Trinajstić information content (AvgIpc) is 3.32. The van der Waals surface area contributed by atoms with Crippen LogP contribution in [0.25, 0.3) is 0 Å². The van der Waals surface area contributed by atoms with Crippen LogP contribution in [-0.2, 0) is 9.53 Å². The predicted octanol–water partition coefficient (Wildman–Crippen LogP) is 0.359. The fourth-order valence-electron chi connectivity index (χ4n) is 2.07. The number of carbonyl (C=O) groups excluding carboxylic acids is 1. The average molecular weight is 441 g/mol. The Morgan fingerprint density at radius 2 is 1.96 bits per heavy atom. The SMILES string of the molecule is CCNC(=NCC(=O)N(C)C)NCCN(CCOC)C1CC1.I. The predicted molar refractivity (Wildman–Crippen MR) is 105 cm³/mol. The highest BCUT2D eigenvalue weighted by atomic mass is 127. The number of likely N-dealkylation sites (N-methyl/N-ethyl adjacent to an activating group) is 1. The van der Waals surface area contributed by atoms with Crippen LogP contribution in [0.3, 0.4) is 0 Å². The van der Waals surface area contributed by atoms with E-state index in [1.54, 1.807) is 26.1 Å². The first kappa shape index (κ1) is 22.4. The fraction of sp³-hybridized carbons (Fsp3) is 0.867. The van der Waals surface area contributed by atoms with E-state index in [1.807, 2.05) is 6.92 Å². The Morgan fingerprint density at radius 1 is 1.26 bits per heavy atom. The maximum absolute atomic E-state index is 11.6. The molecule has 0 spiro atoms. The molecule has 2 N–H and O–H groups in total. The molecule has 0 aromatic rings. The molecule has 1 aliphatic rings. The number of methoxy groups -OCH3 is 1. The van der Waals surface area contributed by atoms with Gasteiger partial charge in [0.05, 0.1) is 6.61 Å². The van der Waals surface area contributed by atoms with Gasteiger partial charge in [0.15, 0.2) is 5.96 Å². The van der Waals surface area contributed by atoms with Gasteiger partial charge in [0.25, 0.3) is 0 Å². The van der Waals surface area contributed by atoms with Crippen LogP contribution in [-0.4, -0.2) is 88.2 Å². The van der Waals surface area contributed by atoms with Crippen molar-refractivity contribution in [2.75, 3.05) is 60.5 Å². The van der Waals surface area contributed by atoms with Crippen molar-refractivity contribution in [1.82, 2.24) is 20.4 Å². The molecule has 23 heavy (non-hydrogen) atoms. The molecule has 0 unspecified atom stereocenters. The first-order chi connectivity index (χ1) is 10.6. The number of ether oxygens (including phenoxy) is 1. The van der Waals surface area contributed by atoms with E-state index in [1.165, 1.54) is 12.8 Å². The fourth-order valence-corrected chi connectivity index (χ4v) is 2.07. The molecule has 136 valence electrons. The summed E-state index contributed by atoms with van der Waals surface area (Å²) in [5, 5.41) is 6.45. The second-order valence-corrected chi connectivity index (χ2v) is 5.67. The molecule has 0 aliphatic heterocycles. The lowest BCUT2D eigenvalue weighted by molar-refractivity contribution is -0.127. The largest absolute Gasteiger partial charge is 0.383 e. The number of hydrogen-bond donors (Lipinski definition) is 2. The number of hydrogen-bond acceptors (Lipinski definition) is 4. The number of aliphatic imine (C=N–C) groups is 1. The standard InChI is InChI=1S/C15H31N5O2.HI/c1-5-16-15(18-12-14(21)19(2)3)17-8-9-20(10-11-22-4)13-6-7-13;/h13H,5-12H2,1-4H3,(H2,16,17,18);1H. The van der Waals surface area contributed by atoms with E-state index >= 15 is 0 Å². The number of nitrogens with one attached hydrogen (secondary N) is 2. The number of amides is 1. The number of nitrogens with zero attached hydrogens (tertiary/aromatic N) is 3. The Morgan fingerprint density at radius 3 is 2.48 bits per heavy atom. The molecule has 1 fully saturated rings. The van der Waals surface area contributed by atoms with E-state index in [2.05, 4.69) is 20.5 Å². The third kappa shape index (κ3) is 9.98. The van der Waals surface area contributed by atoms with Gasteiger partial charge in [-0.2, -0.15) is 0 Å². The van der Waals surface area contributed by atoms with Crippen LogP contribution in [0, 0.1) is 0 Å². The quantitative estimate of drug-likeness (QED) is 0.291. The normalized spacial score (nSPS) is 14.4. The molecule has 0 bridgehead atoms. The van der Waals surface area contributed by atoms with Crippen LogP contribution in [0.15, 0.2) is 4.99 Å². The van der Waals surface area contributed by atoms with Crippen molar-refractivity contribution in [2.45, 2.75) is 25.8 Å². The van der Waals surface area contributed by atoms with Crippen LogP contribution >= 0.6 is 24.0 Å². The first-order valence-corrected chi connectivity index (χ1v) is 8.03. The molecular formula is C15H32IN5O2. The van der Waals surface area contributed by atoms with Gasteiger partial charge in [0.1, 0.15) is 6.54 Å². The number of halogens is 1. The summed E-state index contributed by atoms with van der Waals surface area (Å²) in [7, 11) is 5.21. The molecule has 0 aromatic carbocycles. The summed E-state index contributed by atoms with van der Waals surface area (Å²) in [5.41, 5.74) is 0. The highest BCUT2D eigenvalue weighted by molar-refractivity contribution is 14.0. The second-order valence-electron chi connectivity index (χ2n) is 5.67. The highest BCUT2D eigenvalue weighted by Crippen LogP contribution is 2.25. The minimum Gasteiger partial charge on any atom is -0.383 e. The van der Waals surface area contributed by atoms with Crippen LogP contribution in [0.2, 0.25) is 0 Å². The molecule has 0 heterocycles. The van der Waals surface area contributed by atoms with Gasteiger partial charge in [-0.05, 0) is 19.8 Å². The van der Waals surface area contributed by atoms with Gasteiger partial charge in [-0.25, -0.2) is 4.99 Å². The van der Waals surface area contributed by atoms with Crippen LogP contribution < -0.4 is 10.6 Å². The summed E-state index contributed by atoms with van der Waals surface area (Å²) in [6.07, 6.45) is 2.57.